The third-order valence-corrected chi connectivity index (χ3v) is 7.92. The van der Waals surface area contributed by atoms with Gasteiger partial charge in [-0.2, -0.15) is 0 Å². The summed E-state index contributed by atoms with van der Waals surface area (Å²) in [6.45, 7) is 0. The van der Waals surface area contributed by atoms with Crippen molar-refractivity contribution in [2.75, 3.05) is 28.2 Å². The lowest BCUT2D eigenvalue weighted by molar-refractivity contribution is 0.0825. The molecule has 0 N–H and O–H groups in total. The third-order valence-electron chi connectivity index (χ3n) is 3.53. The van der Waals surface area contributed by atoms with Crippen LogP contribution >= 0.6 is 45.3 Å². The van der Waals surface area contributed by atoms with Gasteiger partial charge in [0, 0.05) is 39.0 Å². The molecule has 0 aliphatic carbocycles. The Balaban J connectivity index is 0.000000151. The fourth-order valence-electron chi connectivity index (χ4n) is 2.18. The normalized spacial score (nSPS) is 10.6. The zero-order valence-corrected chi connectivity index (χ0v) is 18.1. The molecule has 0 bridgehead atoms. The Kier molecular flexibility index (Phi) is 5.76. The number of rotatable bonds is 2. The zero-order valence-electron chi connectivity index (χ0n) is 14.8. The molecule has 0 unspecified atom stereocenters. The molecule has 0 aliphatic rings. The SMILES string of the molecule is CN(C)C(=O)c1cc2ccsc2s1.CN(C)C(=O)c1cc2ccsc2s1. The summed E-state index contributed by atoms with van der Waals surface area (Å²) < 4.78 is 2.45. The first-order chi connectivity index (χ1) is 12.4. The molecule has 8 heteroatoms. The Bertz CT molecular complexity index is 910. The maximum Gasteiger partial charge on any atom is 0.263 e. The molecule has 0 fully saturated rings. The van der Waals surface area contributed by atoms with Crippen molar-refractivity contribution in [3.63, 3.8) is 0 Å². The predicted octanol–water partition coefficient (Wildman–Crippen LogP) is 5.33. The molecular formula is C18H18N2O2S4. The molecular weight excluding hydrogens is 404 g/mol. The standard InChI is InChI=1S/2C9H9NOS2/c2*1-10(2)8(11)7-5-6-3-4-12-9(6)13-7/h2*3-5H,1-2H3. The average molecular weight is 423 g/mol. The maximum absolute atomic E-state index is 11.6. The largest absolute Gasteiger partial charge is 0.344 e. The van der Waals surface area contributed by atoms with E-state index in [0.717, 1.165) is 9.75 Å². The Morgan fingerprint density at radius 2 is 1.12 bits per heavy atom. The van der Waals surface area contributed by atoms with E-state index >= 15 is 0 Å². The highest BCUT2D eigenvalue weighted by Gasteiger charge is 2.12. The quantitative estimate of drug-likeness (QED) is 0.438. The molecule has 4 aromatic heterocycles. The van der Waals surface area contributed by atoms with Crippen LogP contribution in [0.3, 0.4) is 0 Å². The molecule has 0 saturated carbocycles. The first-order valence-corrected chi connectivity index (χ1v) is 11.1. The number of nitrogens with zero attached hydrogens (tertiary/aromatic N) is 2. The number of carbonyl (C=O) groups excluding carboxylic acids is 2. The predicted molar refractivity (Wildman–Crippen MR) is 115 cm³/mol. The number of hydrogen-bond acceptors (Lipinski definition) is 6. The fraction of sp³-hybridized carbons (Fsp3) is 0.222. The molecule has 4 rings (SSSR count). The highest BCUT2D eigenvalue weighted by Crippen LogP contribution is 2.31. The molecule has 0 spiro atoms. The van der Waals surface area contributed by atoms with Crippen LogP contribution < -0.4 is 0 Å². The van der Waals surface area contributed by atoms with E-state index in [1.807, 2.05) is 35.0 Å². The molecule has 0 radical (unpaired) electrons. The van der Waals surface area contributed by atoms with Gasteiger partial charge in [0.25, 0.3) is 11.8 Å². The summed E-state index contributed by atoms with van der Waals surface area (Å²) in [5, 5.41) is 6.45. The molecule has 0 atom stereocenters. The van der Waals surface area contributed by atoms with Gasteiger partial charge in [-0.25, -0.2) is 0 Å². The third kappa shape index (κ3) is 3.98. The van der Waals surface area contributed by atoms with Crippen LogP contribution in [-0.4, -0.2) is 49.8 Å². The monoisotopic (exact) mass is 422 g/mol. The minimum Gasteiger partial charge on any atom is -0.344 e. The number of thiophene rings is 4. The zero-order chi connectivity index (χ0) is 18.8. The number of carbonyl (C=O) groups is 2. The first kappa shape index (κ1) is 19.0. The molecule has 26 heavy (non-hydrogen) atoms. The Labute approximate surface area is 167 Å². The van der Waals surface area contributed by atoms with E-state index in [0.29, 0.717) is 0 Å². The van der Waals surface area contributed by atoms with Gasteiger partial charge in [-0.3, -0.25) is 9.59 Å². The lowest BCUT2D eigenvalue weighted by Gasteiger charge is -2.06. The molecule has 0 saturated heterocycles. The van der Waals surface area contributed by atoms with Gasteiger partial charge in [-0.15, -0.1) is 45.3 Å². The van der Waals surface area contributed by atoms with Gasteiger partial charge in [0.1, 0.15) is 0 Å². The Morgan fingerprint density at radius 3 is 1.42 bits per heavy atom. The van der Waals surface area contributed by atoms with Crippen molar-refractivity contribution >= 4 is 76.0 Å². The lowest BCUT2D eigenvalue weighted by atomic mass is 10.3. The minimum atomic E-state index is 0.0911. The van der Waals surface area contributed by atoms with E-state index in [-0.39, 0.29) is 11.8 Å². The topological polar surface area (TPSA) is 40.6 Å². The fourth-order valence-corrected chi connectivity index (χ4v) is 6.44. The van der Waals surface area contributed by atoms with Crippen LogP contribution in [0.15, 0.2) is 35.0 Å². The van der Waals surface area contributed by atoms with E-state index in [4.69, 9.17) is 0 Å². The summed E-state index contributed by atoms with van der Waals surface area (Å²) in [6.07, 6.45) is 0. The molecule has 136 valence electrons. The van der Waals surface area contributed by atoms with Crippen molar-refractivity contribution in [1.29, 1.82) is 0 Å². The van der Waals surface area contributed by atoms with Crippen molar-refractivity contribution in [3.05, 3.63) is 44.8 Å². The molecule has 2 amide bonds. The summed E-state index contributed by atoms with van der Waals surface area (Å²) in [6, 6.07) is 8.00. The van der Waals surface area contributed by atoms with Crippen LogP contribution in [0.2, 0.25) is 0 Å². The average Bonchev–Trinajstić information content (AvgIpc) is 3.32. The van der Waals surface area contributed by atoms with Crippen molar-refractivity contribution in [3.8, 4) is 0 Å². The van der Waals surface area contributed by atoms with Crippen LogP contribution in [-0.2, 0) is 0 Å². The number of hydrogen-bond donors (Lipinski definition) is 0. The van der Waals surface area contributed by atoms with Crippen molar-refractivity contribution in [2.45, 2.75) is 0 Å². The second-order valence-corrected chi connectivity index (χ2v) is 10.4. The molecule has 4 aromatic rings. The van der Waals surface area contributed by atoms with E-state index < -0.39 is 0 Å². The van der Waals surface area contributed by atoms with E-state index in [1.165, 1.54) is 18.8 Å². The van der Waals surface area contributed by atoms with Crippen LogP contribution in [0.4, 0.5) is 0 Å². The highest BCUT2D eigenvalue weighted by molar-refractivity contribution is 7.38. The van der Waals surface area contributed by atoms with E-state index in [9.17, 15) is 9.59 Å². The molecule has 4 heterocycles. The first-order valence-electron chi connectivity index (χ1n) is 7.74. The van der Waals surface area contributed by atoms with Gasteiger partial charge in [0.2, 0.25) is 0 Å². The summed E-state index contributed by atoms with van der Waals surface area (Å²) in [7, 11) is 7.10. The maximum atomic E-state index is 11.6. The Hall–Kier alpha value is -1.74. The van der Waals surface area contributed by atoms with Gasteiger partial charge in [-0.1, -0.05) is 0 Å². The lowest BCUT2D eigenvalue weighted by Crippen LogP contribution is -2.20. The van der Waals surface area contributed by atoms with E-state index in [2.05, 4.69) is 0 Å². The van der Waals surface area contributed by atoms with Crippen LogP contribution in [0.1, 0.15) is 19.3 Å². The minimum absolute atomic E-state index is 0.0911. The smallest absolute Gasteiger partial charge is 0.263 e. The second kappa shape index (κ2) is 7.87. The number of amides is 2. The summed E-state index contributed by atoms with van der Waals surface area (Å²) in [5.41, 5.74) is 0. The van der Waals surface area contributed by atoms with Crippen molar-refractivity contribution < 1.29 is 9.59 Å². The summed E-state index contributed by atoms with van der Waals surface area (Å²) in [5.74, 6) is 0.182. The van der Waals surface area contributed by atoms with Crippen LogP contribution in [0.5, 0.6) is 0 Å². The van der Waals surface area contributed by atoms with Gasteiger partial charge in [-0.05, 0) is 35.0 Å². The van der Waals surface area contributed by atoms with Gasteiger partial charge in [0.05, 0.1) is 17.8 Å². The number of fused-ring (bicyclic) bond motifs is 2. The van der Waals surface area contributed by atoms with Crippen molar-refractivity contribution in [1.82, 2.24) is 9.80 Å². The second-order valence-electron chi connectivity index (χ2n) is 5.95. The highest BCUT2D eigenvalue weighted by atomic mass is 32.2. The van der Waals surface area contributed by atoms with Gasteiger partial charge in [0.15, 0.2) is 0 Å². The van der Waals surface area contributed by atoms with Crippen molar-refractivity contribution in [2.24, 2.45) is 0 Å². The van der Waals surface area contributed by atoms with E-state index in [1.54, 1.807) is 83.3 Å². The molecule has 0 aliphatic heterocycles. The molecule has 4 nitrogen and oxygen atoms in total. The van der Waals surface area contributed by atoms with Crippen LogP contribution in [0.25, 0.3) is 18.8 Å². The van der Waals surface area contributed by atoms with Gasteiger partial charge < -0.3 is 9.80 Å². The van der Waals surface area contributed by atoms with Crippen LogP contribution in [0, 0.1) is 0 Å². The van der Waals surface area contributed by atoms with Gasteiger partial charge >= 0.3 is 0 Å². The summed E-state index contributed by atoms with van der Waals surface area (Å²) in [4.78, 5) is 28.0. The Morgan fingerprint density at radius 1 is 0.731 bits per heavy atom. The molecule has 0 aromatic carbocycles. The summed E-state index contributed by atoms with van der Waals surface area (Å²) >= 11 is 6.51.